The molecule has 5 rings (SSSR count). The first kappa shape index (κ1) is 19.7. The molecule has 2 aliphatic heterocycles. The van der Waals surface area contributed by atoms with Crippen molar-refractivity contribution in [2.75, 3.05) is 42.4 Å². The van der Waals surface area contributed by atoms with Crippen molar-refractivity contribution in [3.63, 3.8) is 0 Å². The van der Waals surface area contributed by atoms with E-state index in [0.717, 1.165) is 55.1 Å². The second-order valence-electron chi connectivity index (χ2n) is 8.37. The molecule has 2 N–H and O–H groups in total. The fraction of sp³-hybridized carbons (Fsp3) is 0.435. The molecule has 0 spiro atoms. The highest BCUT2D eigenvalue weighted by molar-refractivity contribution is 6.13. The van der Waals surface area contributed by atoms with Crippen LogP contribution in [0.5, 0.6) is 0 Å². The zero-order valence-electron chi connectivity index (χ0n) is 18.0. The van der Waals surface area contributed by atoms with Crippen molar-refractivity contribution >= 4 is 34.8 Å². The lowest BCUT2D eigenvalue weighted by Crippen LogP contribution is -2.40. The molecule has 0 saturated heterocycles. The normalized spacial score (nSPS) is 22.8. The molecule has 1 fully saturated rings. The van der Waals surface area contributed by atoms with Crippen molar-refractivity contribution in [1.82, 2.24) is 10.3 Å². The van der Waals surface area contributed by atoms with Gasteiger partial charge in [-0.25, -0.2) is 9.98 Å². The molecule has 1 saturated carbocycles. The van der Waals surface area contributed by atoms with Gasteiger partial charge in [-0.15, -0.1) is 0 Å². The van der Waals surface area contributed by atoms with E-state index in [2.05, 4.69) is 25.5 Å². The SMILES string of the molecule is CN1C(=O)c2ccccc2N(C)c2cc(NC3CCC(NC4=NCCO4)CC3)ncc21. The van der Waals surface area contributed by atoms with E-state index >= 15 is 0 Å². The summed E-state index contributed by atoms with van der Waals surface area (Å²) in [5, 5.41) is 7.02. The number of hydrogen-bond donors (Lipinski definition) is 2. The van der Waals surface area contributed by atoms with Gasteiger partial charge in [0.05, 0.1) is 35.4 Å². The fourth-order valence-corrected chi connectivity index (χ4v) is 4.60. The molecule has 0 atom stereocenters. The molecule has 0 radical (unpaired) electrons. The quantitative estimate of drug-likeness (QED) is 0.794. The van der Waals surface area contributed by atoms with Crippen molar-refractivity contribution in [2.24, 2.45) is 4.99 Å². The maximum Gasteiger partial charge on any atom is 0.285 e. The molecule has 8 heteroatoms. The number of para-hydroxylation sites is 1. The molecule has 3 heterocycles. The number of aromatic nitrogens is 1. The predicted molar refractivity (Wildman–Crippen MR) is 123 cm³/mol. The molecule has 1 aliphatic carbocycles. The minimum absolute atomic E-state index is 0.0228. The van der Waals surface area contributed by atoms with Crippen LogP contribution in [-0.4, -0.2) is 56.2 Å². The molecule has 1 aromatic carbocycles. The molecule has 0 bridgehead atoms. The molecule has 31 heavy (non-hydrogen) atoms. The van der Waals surface area contributed by atoms with Crippen LogP contribution in [0.25, 0.3) is 0 Å². The Balaban J connectivity index is 1.30. The van der Waals surface area contributed by atoms with Crippen molar-refractivity contribution < 1.29 is 9.53 Å². The van der Waals surface area contributed by atoms with E-state index in [1.165, 1.54) is 0 Å². The molecule has 2 aromatic rings. The largest absolute Gasteiger partial charge is 0.463 e. The number of carbonyl (C=O) groups excluding carboxylic acids is 1. The van der Waals surface area contributed by atoms with E-state index < -0.39 is 0 Å². The summed E-state index contributed by atoms with van der Waals surface area (Å²) in [4.78, 5) is 25.6. The Morgan fingerprint density at radius 1 is 0.968 bits per heavy atom. The van der Waals surface area contributed by atoms with E-state index in [1.807, 2.05) is 37.4 Å². The minimum Gasteiger partial charge on any atom is -0.463 e. The van der Waals surface area contributed by atoms with E-state index in [0.29, 0.717) is 30.3 Å². The number of anilines is 4. The smallest absolute Gasteiger partial charge is 0.285 e. The summed E-state index contributed by atoms with van der Waals surface area (Å²) in [5.74, 6) is 0.816. The lowest BCUT2D eigenvalue weighted by atomic mass is 9.91. The van der Waals surface area contributed by atoms with Crippen LogP contribution in [0, 0.1) is 0 Å². The highest BCUT2D eigenvalue weighted by Gasteiger charge is 2.28. The number of ether oxygens (including phenoxy) is 1. The number of hydrogen-bond acceptors (Lipinski definition) is 7. The topological polar surface area (TPSA) is 82.1 Å². The maximum absolute atomic E-state index is 12.9. The van der Waals surface area contributed by atoms with Crippen LogP contribution in [0.1, 0.15) is 36.0 Å². The number of aliphatic imine (C=N–C) groups is 1. The van der Waals surface area contributed by atoms with Crippen LogP contribution >= 0.6 is 0 Å². The molecule has 1 aromatic heterocycles. The molecule has 8 nitrogen and oxygen atoms in total. The van der Waals surface area contributed by atoms with Crippen molar-refractivity contribution in [2.45, 2.75) is 37.8 Å². The summed E-state index contributed by atoms with van der Waals surface area (Å²) in [5.41, 5.74) is 3.36. The summed E-state index contributed by atoms with van der Waals surface area (Å²) >= 11 is 0. The van der Waals surface area contributed by atoms with E-state index in [-0.39, 0.29) is 5.91 Å². The number of pyridine rings is 1. The summed E-state index contributed by atoms with van der Waals surface area (Å²) in [7, 11) is 3.80. The summed E-state index contributed by atoms with van der Waals surface area (Å²) in [6.45, 7) is 1.44. The standard InChI is InChI=1S/C23H28N6O2/c1-28-18-6-4-3-5-17(18)22(30)29(2)20-14-25-21(13-19(20)28)26-15-7-9-16(10-8-15)27-23-24-11-12-31-23/h3-6,13-16H,7-12H2,1-2H3,(H,24,27)(H,25,26). The Hall–Kier alpha value is -3.29. The van der Waals surface area contributed by atoms with Gasteiger partial charge in [0, 0.05) is 32.2 Å². The van der Waals surface area contributed by atoms with Crippen LogP contribution in [0.4, 0.5) is 22.9 Å². The number of amidine groups is 1. The first-order chi connectivity index (χ1) is 15.1. The molecule has 0 unspecified atom stereocenters. The molecule has 1 amide bonds. The second-order valence-corrected chi connectivity index (χ2v) is 8.37. The highest BCUT2D eigenvalue weighted by Crippen LogP contribution is 2.39. The summed E-state index contributed by atoms with van der Waals surface area (Å²) in [6.07, 6.45) is 6.03. The van der Waals surface area contributed by atoms with E-state index in [9.17, 15) is 4.79 Å². The van der Waals surface area contributed by atoms with Gasteiger partial charge in [0.15, 0.2) is 0 Å². The zero-order valence-corrected chi connectivity index (χ0v) is 18.0. The van der Waals surface area contributed by atoms with Gasteiger partial charge in [0.2, 0.25) is 0 Å². The monoisotopic (exact) mass is 420 g/mol. The van der Waals surface area contributed by atoms with Gasteiger partial charge >= 0.3 is 0 Å². The number of carbonyl (C=O) groups is 1. The number of nitrogens with zero attached hydrogens (tertiary/aromatic N) is 4. The van der Waals surface area contributed by atoms with Gasteiger partial charge in [-0.05, 0) is 37.8 Å². The third-order valence-electron chi connectivity index (χ3n) is 6.38. The summed E-state index contributed by atoms with van der Waals surface area (Å²) in [6, 6.07) is 11.3. The number of fused-ring (bicyclic) bond motifs is 2. The average Bonchev–Trinajstić information content (AvgIpc) is 3.29. The van der Waals surface area contributed by atoms with Crippen molar-refractivity contribution in [3.8, 4) is 0 Å². The van der Waals surface area contributed by atoms with Crippen LogP contribution in [0.2, 0.25) is 0 Å². The second kappa shape index (κ2) is 8.09. The van der Waals surface area contributed by atoms with Crippen LogP contribution in [0.15, 0.2) is 41.5 Å². The lowest BCUT2D eigenvalue weighted by Gasteiger charge is -2.30. The zero-order chi connectivity index (χ0) is 21.4. The number of nitrogens with one attached hydrogen (secondary N) is 2. The minimum atomic E-state index is -0.0228. The van der Waals surface area contributed by atoms with Crippen molar-refractivity contribution in [1.29, 1.82) is 0 Å². The molecule has 162 valence electrons. The first-order valence-electron chi connectivity index (χ1n) is 10.9. The Morgan fingerprint density at radius 3 is 2.45 bits per heavy atom. The molecular formula is C23H28N6O2. The molecule has 3 aliphatic rings. The average molecular weight is 421 g/mol. The Bertz CT molecular complexity index is 1010. The van der Waals surface area contributed by atoms with Crippen molar-refractivity contribution in [3.05, 3.63) is 42.1 Å². The van der Waals surface area contributed by atoms with Gasteiger partial charge in [-0.3, -0.25) is 4.79 Å². The Labute approximate surface area is 182 Å². The predicted octanol–water partition coefficient (Wildman–Crippen LogP) is 3.14. The van der Waals surface area contributed by atoms with Crippen LogP contribution < -0.4 is 20.4 Å². The first-order valence-corrected chi connectivity index (χ1v) is 10.9. The van der Waals surface area contributed by atoms with Gasteiger partial charge < -0.3 is 25.2 Å². The van der Waals surface area contributed by atoms with Gasteiger partial charge in [0.1, 0.15) is 12.4 Å². The highest BCUT2D eigenvalue weighted by atomic mass is 16.5. The summed E-state index contributed by atoms with van der Waals surface area (Å²) < 4.78 is 5.47. The van der Waals surface area contributed by atoms with Gasteiger partial charge in [0.25, 0.3) is 11.9 Å². The number of benzene rings is 1. The maximum atomic E-state index is 12.9. The van der Waals surface area contributed by atoms with Gasteiger partial charge in [-0.1, -0.05) is 12.1 Å². The Kier molecular flexibility index (Phi) is 5.13. The number of amides is 1. The number of rotatable bonds is 3. The molecular weight excluding hydrogens is 392 g/mol. The van der Waals surface area contributed by atoms with Crippen LogP contribution in [-0.2, 0) is 4.74 Å². The third kappa shape index (κ3) is 3.78. The van der Waals surface area contributed by atoms with E-state index in [4.69, 9.17) is 4.74 Å². The fourth-order valence-electron chi connectivity index (χ4n) is 4.60. The Morgan fingerprint density at radius 2 is 1.71 bits per heavy atom. The van der Waals surface area contributed by atoms with E-state index in [1.54, 1.807) is 18.1 Å². The lowest BCUT2D eigenvalue weighted by molar-refractivity contribution is 0.0994. The van der Waals surface area contributed by atoms with Crippen LogP contribution in [0.3, 0.4) is 0 Å². The van der Waals surface area contributed by atoms with Gasteiger partial charge in [-0.2, -0.15) is 0 Å². The third-order valence-corrected chi connectivity index (χ3v) is 6.38.